The van der Waals surface area contributed by atoms with Gasteiger partial charge in [0.1, 0.15) is 5.78 Å². The van der Waals surface area contributed by atoms with Crippen LogP contribution in [0.25, 0.3) is 0 Å². The Morgan fingerprint density at radius 3 is 2.46 bits per heavy atom. The topological polar surface area (TPSA) is 46.5 Å². The highest BCUT2D eigenvalue weighted by molar-refractivity contribution is 7.99. The predicted molar refractivity (Wildman–Crippen MR) is 160 cm³/mol. The lowest BCUT2D eigenvalue weighted by Gasteiger charge is -2.54. The lowest BCUT2D eigenvalue weighted by Crippen LogP contribution is -2.48. The summed E-state index contributed by atoms with van der Waals surface area (Å²) in [5.74, 6) is 2.32. The van der Waals surface area contributed by atoms with Crippen molar-refractivity contribution < 1.29 is 14.3 Å². The molecule has 0 aromatic heterocycles. The second-order valence-electron chi connectivity index (χ2n) is 15.3. The molecule has 0 radical (unpaired) electrons. The third-order valence-electron chi connectivity index (χ3n) is 11.2. The van der Waals surface area contributed by atoms with Gasteiger partial charge in [0.25, 0.3) is 0 Å². The van der Waals surface area contributed by atoms with E-state index in [0.717, 1.165) is 18.6 Å². The molecule has 0 amide bonds. The molecule has 4 aliphatic rings. The number of hydrogen-bond acceptors (Lipinski definition) is 4. The molecule has 0 heterocycles. The minimum atomic E-state index is -1.94. The minimum Gasteiger partial charge on any atom is -0.416 e. The van der Waals surface area contributed by atoms with Crippen molar-refractivity contribution in [3.63, 3.8) is 0 Å². The highest BCUT2D eigenvalue weighted by Crippen LogP contribution is 2.65. The number of carbonyl (C=O) groups is 1. The summed E-state index contributed by atoms with van der Waals surface area (Å²) in [4.78, 5) is 14.0. The first-order valence-corrected chi connectivity index (χ1v) is 18.9. The molecule has 4 rings (SSSR count). The lowest BCUT2D eigenvalue weighted by atomic mass is 9.50. The van der Waals surface area contributed by atoms with Crippen LogP contribution in [0, 0.1) is 28.6 Å². The lowest BCUT2D eigenvalue weighted by molar-refractivity contribution is -0.122. The Morgan fingerprint density at radius 1 is 1.11 bits per heavy atom. The average Bonchev–Trinajstić information content (AvgIpc) is 3.04. The summed E-state index contributed by atoms with van der Waals surface area (Å²) in [6.07, 6.45) is 13.9. The van der Waals surface area contributed by atoms with Crippen LogP contribution in [0.1, 0.15) is 99.8 Å². The molecule has 6 atom stereocenters. The molecular formula is C32H54O3SSi. The van der Waals surface area contributed by atoms with Crippen molar-refractivity contribution in [2.75, 3.05) is 12.4 Å². The molecule has 0 aliphatic heterocycles. The van der Waals surface area contributed by atoms with E-state index in [0.29, 0.717) is 36.1 Å². The maximum absolute atomic E-state index is 14.0. The van der Waals surface area contributed by atoms with E-state index in [9.17, 15) is 9.90 Å². The van der Waals surface area contributed by atoms with E-state index >= 15 is 0 Å². The number of allylic oxidation sites excluding steroid dienone is 4. The highest BCUT2D eigenvalue weighted by Gasteiger charge is 2.60. The van der Waals surface area contributed by atoms with Gasteiger partial charge in [-0.3, -0.25) is 4.79 Å². The Morgan fingerprint density at radius 2 is 1.81 bits per heavy atom. The van der Waals surface area contributed by atoms with Gasteiger partial charge in [-0.05, 0) is 98.9 Å². The van der Waals surface area contributed by atoms with Crippen LogP contribution in [0.5, 0.6) is 0 Å². The highest BCUT2D eigenvalue weighted by atomic mass is 32.2. The number of aliphatic hydroxyl groups is 1. The molecule has 1 N–H and O–H groups in total. The number of thioether (sulfide) groups is 1. The van der Waals surface area contributed by atoms with E-state index in [-0.39, 0.29) is 21.6 Å². The SMILES string of the molecule is CC(C)(O)CCS[C@H](CO[Si](C)(C)C(C)(C)C)[C@H]1C(=O)C[C@H]2C3=CC=C4CCCC[C@]4(C)[C@H]3CC[C@]12C. The van der Waals surface area contributed by atoms with Gasteiger partial charge in [0.2, 0.25) is 0 Å². The number of rotatable bonds is 8. The maximum atomic E-state index is 14.0. The summed E-state index contributed by atoms with van der Waals surface area (Å²) in [6.45, 7) is 20.9. The molecule has 0 aromatic rings. The molecule has 210 valence electrons. The quantitative estimate of drug-likeness (QED) is 0.311. The molecule has 37 heavy (non-hydrogen) atoms. The van der Waals surface area contributed by atoms with Crippen molar-refractivity contribution in [1.82, 2.24) is 0 Å². The van der Waals surface area contributed by atoms with Gasteiger partial charge in [-0.1, -0.05) is 64.3 Å². The Balaban J connectivity index is 1.61. The van der Waals surface area contributed by atoms with Crippen LogP contribution < -0.4 is 0 Å². The standard InChI is InChI=1S/C32H54O3SSi/c1-29(2,3)37(8,9)35-21-27(36-19-18-30(4,5)34)28-26(33)20-25-23-14-13-22-12-10-11-16-31(22,6)24(23)15-17-32(25,28)7/h13-14,24-25,27-28,34H,10-12,15-21H2,1-9H3/t24-,25-,27+,28+,31-,32-/m0/s1. The van der Waals surface area contributed by atoms with E-state index in [1.165, 1.54) is 32.1 Å². The molecule has 4 aliphatic carbocycles. The molecule has 0 spiro atoms. The zero-order valence-corrected chi connectivity index (χ0v) is 27.0. The van der Waals surface area contributed by atoms with Crippen molar-refractivity contribution >= 4 is 25.9 Å². The number of carbonyl (C=O) groups excluding carboxylic acids is 1. The first-order valence-electron chi connectivity index (χ1n) is 14.9. The normalized spacial score (nSPS) is 35.3. The largest absolute Gasteiger partial charge is 0.416 e. The maximum Gasteiger partial charge on any atom is 0.192 e. The van der Waals surface area contributed by atoms with Crippen LogP contribution in [0.2, 0.25) is 18.1 Å². The summed E-state index contributed by atoms with van der Waals surface area (Å²) in [6, 6.07) is 0. The van der Waals surface area contributed by atoms with Gasteiger partial charge in [-0.25, -0.2) is 0 Å². The van der Waals surface area contributed by atoms with Gasteiger partial charge in [-0.2, -0.15) is 11.8 Å². The monoisotopic (exact) mass is 546 g/mol. The third-order valence-corrected chi connectivity index (χ3v) is 17.0. The van der Waals surface area contributed by atoms with E-state index in [2.05, 4.69) is 59.9 Å². The van der Waals surface area contributed by atoms with Crippen LogP contribution in [0.15, 0.2) is 23.3 Å². The Bertz CT molecular complexity index is 939. The second kappa shape index (κ2) is 10.2. The Kier molecular flexibility index (Phi) is 8.19. The van der Waals surface area contributed by atoms with E-state index in [4.69, 9.17) is 4.43 Å². The molecule has 0 bridgehead atoms. The minimum absolute atomic E-state index is 0.00102. The summed E-state index contributed by atoms with van der Waals surface area (Å²) in [5, 5.41) is 10.7. The first kappa shape index (κ1) is 29.6. The predicted octanol–water partition coefficient (Wildman–Crippen LogP) is 8.34. The zero-order chi connectivity index (χ0) is 27.4. The van der Waals surface area contributed by atoms with Crippen molar-refractivity contribution in [2.45, 2.75) is 129 Å². The van der Waals surface area contributed by atoms with Crippen molar-refractivity contribution in [3.8, 4) is 0 Å². The molecule has 5 heteroatoms. The fourth-order valence-electron chi connectivity index (χ4n) is 7.72. The van der Waals surface area contributed by atoms with Gasteiger partial charge in [0.05, 0.1) is 5.60 Å². The third kappa shape index (κ3) is 5.63. The van der Waals surface area contributed by atoms with Crippen LogP contribution in [0.4, 0.5) is 0 Å². The summed E-state index contributed by atoms with van der Waals surface area (Å²) >= 11 is 1.89. The fraction of sp³-hybridized carbons (Fsp3) is 0.844. The molecular weight excluding hydrogens is 493 g/mol. The summed E-state index contributed by atoms with van der Waals surface area (Å²) in [5.41, 5.74) is 2.87. The second-order valence-corrected chi connectivity index (χ2v) is 21.5. The number of ketones is 1. The summed E-state index contributed by atoms with van der Waals surface area (Å²) in [7, 11) is -1.94. The van der Waals surface area contributed by atoms with Crippen LogP contribution in [-0.4, -0.2) is 42.4 Å². The van der Waals surface area contributed by atoms with Crippen LogP contribution in [-0.2, 0) is 9.22 Å². The van der Waals surface area contributed by atoms with Gasteiger partial charge in [0.15, 0.2) is 8.32 Å². The van der Waals surface area contributed by atoms with Crippen LogP contribution >= 0.6 is 11.8 Å². The molecule has 3 fully saturated rings. The van der Waals surface area contributed by atoms with Gasteiger partial charge < -0.3 is 9.53 Å². The first-order chi connectivity index (χ1) is 17.0. The molecule has 0 unspecified atom stereocenters. The number of hydrogen-bond donors (Lipinski definition) is 1. The molecule has 3 nitrogen and oxygen atoms in total. The summed E-state index contributed by atoms with van der Waals surface area (Å²) < 4.78 is 6.80. The van der Waals surface area contributed by atoms with Gasteiger partial charge >= 0.3 is 0 Å². The number of Topliss-reactive ketones (excluding diaryl/α,β-unsaturated/α-hetero) is 1. The van der Waals surface area contributed by atoms with Gasteiger partial charge in [0, 0.05) is 24.2 Å². The van der Waals surface area contributed by atoms with Crippen molar-refractivity contribution in [2.24, 2.45) is 28.6 Å². The Labute approximate surface area is 232 Å². The van der Waals surface area contributed by atoms with E-state index < -0.39 is 13.9 Å². The zero-order valence-electron chi connectivity index (χ0n) is 25.2. The smallest absolute Gasteiger partial charge is 0.192 e. The van der Waals surface area contributed by atoms with E-state index in [1.807, 2.05) is 25.6 Å². The van der Waals surface area contributed by atoms with Gasteiger partial charge in [-0.15, -0.1) is 0 Å². The van der Waals surface area contributed by atoms with Crippen molar-refractivity contribution in [3.05, 3.63) is 23.3 Å². The van der Waals surface area contributed by atoms with Crippen molar-refractivity contribution in [1.29, 1.82) is 0 Å². The van der Waals surface area contributed by atoms with E-state index in [1.54, 1.807) is 11.1 Å². The fourth-order valence-corrected chi connectivity index (χ4v) is 10.6. The Hall–Kier alpha value is -0.363. The molecule has 0 saturated heterocycles. The molecule has 0 aromatic carbocycles. The molecule has 3 saturated carbocycles. The number of fused-ring (bicyclic) bond motifs is 5. The van der Waals surface area contributed by atoms with Crippen LogP contribution in [0.3, 0.4) is 0 Å². The average molecular weight is 547 g/mol.